The maximum absolute atomic E-state index is 11.1. The molecule has 0 aliphatic rings. The molecule has 4 N–H and O–H groups in total. The van der Waals surface area contributed by atoms with E-state index in [0.29, 0.717) is 13.0 Å². The van der Waals surface area contributed by atoms with Gasteiger partial charge in [-0.3, -0.25) is 10.1 Å². The first kappa shape index (κ1) is 12.5. The van der Waals surface area contributed by atoms with E-state index in [-0.39, 0.29) is 0 Å². The Morgan fingerprint density at radius 2 is 2.21 bits per heavy atom. The number of nitrogens with one attached hydrogen (secondary N) is 2. The van der Waals surface area contributed by atoms with Gasteiger partial charge in [0.15, 0.2) is 0 Å². The number of terminal acetylenes is 1. The molecule has 0 bridgehead atoms. The summed E-state index contributed by atoms with van der Waals surface area (Å²) in [4.78, 5) is 21.4. The molecule has 78 valence electrons. The minimum Gasteiger partial charge on any atom is -0.351 e. The topological polar surface area (TPSA) is 84.2 Å². The van der Waals surface area contributed by atoms with E-state index in [1.165, 1.54) is 0 Å². The first-order chi connectivity index (χ1) is 6.57. The summed E-state index contributed by atoms with van der Waals surface area (Å²) in [7, 11) is 0. The molecule has 0 heterocycles. The fourth-order valence-electron chi connectivity index (χ4n) is 0.831. The first-order valence-corrected chi connectivity index (χ1v) is 4.35. The molecule has 3 amide bonds. The minimum absolute atomic E-state index is 0.432. The molecule has 0 aromatic rings. The molecule has 0 aliphatic carbocycles. The second-order valence-electron chi connectivity index (χ2n) is 2.84. The number of carbonyl (C=O) groups is 2. The third-order valence-electron chi connectivity index (χ3n) is 1.59. The average molecular weight is 197 g/mol. The van der Waals surface area contributed by atoms with Crippen LogP contribution >= 0.6 is 0 Å². The van der Waals surface area contributed by atoms with E-state index in [0.717, 1.165) is 6.42 Å². The summed E-state index contributed by atoms with van der Waals surface area (Å²) in [6.07, 6.45) is 6.51. The van der Waals surface area contributed by atoms with Crippen LogP contribution in [-0.2, 0) is 4.79 Å². The number of hydrogen-bond acceptors (Lipinski definition) is 3. The van der Waals surface area contributed by atoms with Crippen molar-refractivity contribution in [2.75, 3.05) is 6.54 Å². The molecule has 0 aromatic heterocycles. The average Bonchev–Trinajstić information content (AvgIpc) is 2.11. The highest BCUT2D eigenvalue weighted by Crippen LogP contribution is 1.86. The van der Waals surface area contributed by atoms with Gasteiger partial charge in [-0.15, -0.1) is 12.3 Å². The second-order valence-corrected chi connectivity index (χ2v) is 2.84. The summed E-state index contributed by atoms with van der Waals surface area (Å²) in [5.74, 6) is 2.06. The zero-order valence-corrected chi connectivity index (χ0v) is 8.17. The second kappa shape index (κ2) is 6.92. The van der Waals surface area contributed by atoms with Gasteiger partial charge in [0.05, 0.1) is 6.04 Å². The van der Waals surface area contributed by atoms with Gasteiger partial charge in [0.25, 0.3) is 0 Å². The van der Waals surface area contributed by atoms with Crippen molar-refractivity contribution < 1.29 is 9.59 Å². The van der Waals surface area contributed by atoms with Gasteiger partial charge in [0.1, 0.15) is 0 Å². The molecule has 1 unspecified atom stereocenters. The number of unbranched alkanes of at least 4 members (excludes halogenated alkanes) is 1. The van der Waals surface area contributed by atoms with E-state index in [1.807, 2.05) is 5.32 Å². The predicted octanol–water partition coefficient (Wildman–Crippen LogP) is -0.427. The number of urea groups is 1. The van der Waals surface area contributed by atoms with E-state index < -0.39 is 18.0 Å². The van der Waals surface area contributed by atoms with Crippen molar-refractivity contribution in [2.45, 2.75) is 25.8 Å². The van der Waals surface area contributed by atoms with Gasteiger partial charge < -0.3 is 11.1 Å². The smallest absolute Gasteiger partial charge is 0.318 e. The third kappa shape index (κ3) is 6.03. The Morgan fingerprint density at radius 1 is 1.57 bits per heavy atom. The van der Waals surface area contributed by atoms with Crippen LogP contribution in [0.15, 0.2) is 0 Å². The number of imide groups is 1. The molecule has 0 aromatic carbocycles. The molecule has 5 heteroatoms. The highest BCUT2D eigenvalue weighted by atomic mass is 16.2. The quantitative estimate of drug-likeness (QED) is 0.413. The van der Waals surface area contributed by atoms with Crippen molar-refractivity contribution >= 4 is 11.9 Å². The van der Waals surface area contributed by atoms with Crippen LogP contribution in [0.1, 0.15) is 19.8 Å². The summed E-state index contributed by atoms with van der Waals surface area (Å²) in [5.41, 5.74) is 4.78. The predicted molar refractivity (Wildman–Crippen MR) is 53.3 cm³/mol. The van der Waals surface area contributed by atoms with Crippen LogP contribution < -0.4 is 16.4 Å². The van der Waals surface area contributed by atoms with E-state index in [9.17, 15) is 9.59 Å². The molecular weight excluding hydrogens is 182 g/mol. The lowest BCUT2D eigenvalue weighted by atomic mass is 10.2. The van der Waals surface area contributed by atoms with Crippen LogP contribution in [0.3, 0.4) is 0 Å². The third-order valence-corrected chi connectivity index (χ3v) is 1.59. The van der Waals surface area contributed by atoms with Crippen LogP contribution in [0.5, 0.6) is 0 Å². The largest absolute Gasteiger partial charge is 0.351 e. The standard InChI is InChI=1S/C9H15N3O2/c1-3-4-5-6-11-7(2)8(13)12-9(10)14/h1,7,11H,4-6H2,2H3,(H3,10,12,13,14). The SMILES string of the molecule is C#CCCCNC(C)C(=O)NC(N)=O. The summed E-state index contributed by atoms with van der Waals surface area (Å²) in [6, 6.07) is -1.28. The molecule has 0 saturated heterocycles. The molecule has 1 atom stereocenters. The zero-order valence-electron chi connectivity index (χ0n) is 8.17. The molecule has 0 fully saturated rings. The van der Waals surface area contributed by atoms with Crippen molar-refractivity contribution in [3.05, 3.63) is 0 Å². The number of hydrogen-bond donors (Lipinski definition) is 3. The lowest BCUT2D eigenvalue weighted by Gasteiger charge is -2.11. The number of primary amides is 1. The normalized spacial score (nSPS) is 11.4. The number of carbonyl (C=O) groups excluding carboxylic acids is 2. The van der Waals surface area contributed by atoms with Gasteiger partial charge >= 0.3 is 6.03 Å². The summed E-state index contributed by atoms with van der Waals surface area (Å²) in [6.45, 7) is 2.28. The van der Waals surface area contributed by atoms with Crippen LogP contribution in [0, 0.1) is 12.3 Å². The summed E-state index contributed by atoms with van der Waals surface area (Å²) in [5, 5.41) is 4.89. The van der Waals surface area contributed by atoms with E-state index in [1.54, 1.807) is 6.92 Å². The maximum Gasteiger partial charge on any atom is 0.318 e. The van der Waals surface area contributed by atoms with Crippen LogP contribution in [-0.4, -0.2) is 24.5 Å². The zero-order chi connectivity index (χ0) is 11.0. The molecule has 0 saturated carbocycles. The lowest BCUT2D eigenvalue weighted by molar-refractivity contribution is -0.121. The van der Waals surface area contributed by atoms with Gasteiger partial charge in [-0.05, 0) is 19.9 Å². The minimum atomic E-state index is -0.840. The number of rotatable bonds is 5. The summed E-state index contributed by atoms with van der Waals surface area (Å²) < 4.78 is 0. The Kier molecular flexibility index (Phi) is 6.16. The van der Waals surface area contributed by atoms with Crippen molar-refractivity contribution in [3.8, 4) is 12.3 Å². The van der Waals surface area contributed by atoms with E-state index in [2.05, 4.69) is 11.2 Å². The van der Waals surface area contributed by atoms with Crippen molar-refractivity contribution in [3.63, 3.8) is 0 Å². The van der Waals surface area contributed by atoms with Crippen molar-refractivity contribution in [2.24, 2.45) is 5.73 Å². The molecular formula is C9H15N3O2. The number of nitrogens with two attached hydrogens (primary N) is 1. The summed E-state index contributed by atoms with van der Waals surface area (Å²) >= 11 is 0. The van der Waals surface area contributed by atoms with Gasteiger partial charge in [0.2, 0.25) is 5.91 Å². The highest BCUT2D eigenvalue weighted by molar-refractivity contribution is 5.96. The molecule has 0 rings (SSSR count). The Hall–Kier alpha value is -1.54. The first-order valence-electron chi connectivity index (χ1n) is 4.35. The molecule has 0 radical (unpaired) electrons. The van der Waals surface area contributed by atoms with Crippen LogP contribution in [0.4, 0.5) is 4.79 Å². The fourth-order valence-corrected chi connectivity index (χ4v) is 0.831. The van der Waals surface area contributed by atoms with Crippen LogP contribution in [0.2, 0.25) is 0 Å². The van der Waals surface area contributed by atoms with E-state index >= 15 is 0 Å². The maximum atomic E-state index is 11.1. The van der Waals surface area contributed by atoms with E-state index in [4.69, 9.17) is 12.2 Å². The Labute approximate surface area is 83.4 Å². The lowest BCUT2D eigenvalue weighted by Crippen LogP contribution is -2.46. The van der Waals surface area contributed by atoms with Crippen molar-refractivity contribution in [1.29, 1.82) is 0 Å². The Balaban J connectivity index is 3.63. The van der Waals surface area contributed by atoms with Gasteiger partial charge in [0, 0.05) is 6.42 Å². The number of amides is 3. The molecule has 0 spiro atoms. The van der Waals surface area contributed by atoms with Crippen LogP contribution in [0.25, 0.3) is 0 Å². The Bertz CT molecular complexity index is 245. The van der Waals surface area contributed by atoms with Gasteiger partial charge in [-0.1, -0.05) is 0 Å². The van der Waals surface area contributed by atoms with Gasteiger partial charge in [-0.2, -0.15) is 0 Å². The molecule has 5 nitrogen and oxygen atoms in total. The molecule has 0 aliphatic heterocycles. The Morgan fingerprint density at radius 3 is 2.71 bits per heavy atom. The van der Waals surface area contributed by atoms with Gasteiger partial charge in [-0.25, -0.2) is 4.79 Å². The molecule has 14 heavy (non-hydrogen) atoms. The van der Waals surface area contributed by atoms with Crippen molar-refractivity contribution in [1.82, 2.24) is 10.6 Å². The monoisotopic (exact) mass is 197 g/mol. The highest BCUT2D eigenvalue weighted by Gasteiger charge is 2.12. The fraction of sp³-hybridized carbons (Fsp3) is 0.556.